The van der Waals surface area contributed by atoms with Gasteiger partial charge >= 0.3 is 0 Å². The van der Waals surface area contributed by atoms with Gasteiger partial charge in [0.1, 0.15) is 0 Å². The van der Waals surface area contributed by atoms with Gasteiger partial charge < -0.3 is 10.2 Å². The standard InChI is InChI=1S/C17H24N4S.HI/c1-13-14(2)22-16(20-13)10-11-18-17(21(3)4)19-12-15-8-6-5-7-9-15;/h5-9H,10-12H2,1-4H3,(H,18,19);1H. The van der Waals surface area contributed by atoms with E-state index in [2.05, 4.69) is 41.3 Å². The van der Waals surface area contributed by atoms with Crippen LogP contribution in [0.1, 0.15) is 21.1 Å². The molecule has 0 aliphatic heterocycles. The Kier molecular flexibility index (Phi) is 8.54. The molecule has 2 aromatic rings. The topological polar surface area (TPSA) is 40.5 Å². The number of halogens is 1. The lowest BCUT2D eigenvalue weighted by Gasteiger charge is -2.17. The molecular weight excluding hydrogens is 419 g/mol. The lowest BCUT2D eigenvalue weighted by atomic mass is 10.2. The summed E-state index contributed by atoms with van der Waals surface area (Å²) in [4.78, 5) is 12.6. The average molecular weight is 444 g/mol. The van der Waals surface area contributed by atoms with Crippen molar-refractivity contribution in [1.29, 1.82) is 0 Å². The normalized spacial score (nSPS) is 11.0. The number of rotatable bonds is 5. The molecule has 0 spiro atoms. The molecule has 0 unspecified atom stereocenters. The van der Waals surface area contributed by atoms with Gasteiger partial charge in [0, 0.05) is 31.9 Å². The Morgan fingerprint density at radius 1 is 1.22 bits per heavy atom. The third-order valence-corrected chi connectivity index (χ3v) is 4.51. The minimum absolute atomic E-state index is 0. The molecule has 0 aliphatic carbocycles. The first kappa shape index (κ1) is 19.9. The third-order valence-electron chi connectivity index (χ3n) is 3.37. The molecule has 0 fully saturated rings. The first-order chi connectivity index (χ1) is 10.6. The zero-order valence-corrected chi connectivity index (χ0v) is 17.3. The first-order valence-electron chi connectivity index (χ1n) is 7.48. The fraction of sp³-hybridized carbons (Fsp3) is 0.412. The molecule has 1 aromatic carbocycles. The average Bonchev–Trinajstić information content (AvgIpc) is 2.82. The second-order valence-electron chi connectivity index (χ2n) is 5.45. The van der Waals surface area contributed by atoms with Gasteiger partial charge in [-0.1, -0.05) is 30.3 Å². The maximum absolute atomic E-state index is 4.66. The Morgan fingerprint density at radius 2 is 1.91 bits per heavy atom. The second-order valence-corrected chi connectivity index (χ2v) is 6.73. The van der Waals surface area contributed by atoms with Crippen molar-refractivity contribution >= 4 is 41.3 Å². The van der Waals surface area contributed by atoms with E-state index in [9.17, 15) is 0 Å². The number of thiazole rings is 1. The SMILES string of the molecule is Cc1nc(CCNC(=NCc2ccccc2)N(C)C)sc1C.I. The van der Waals surface area contributed by atoms with E-state index in [0.29, 0.717) is 6.54 Å². The molecule has 0 saturated carbocycles. The largest absolute Gasteiger partial charge is 0.356 e. The number of nitrogens with one attached hydrogen (secondary N) is 1. The van der Waals surface area contributed by atoms with Gasteiger partial charge in [-0.05, 0) is 19.4 Å². The monoisotopic (exact) mass is 444 g/mol. The number of benzene rings is 1. The van der Waals surface area contributed by atoms with Crippen LogP contribution in [0.15, 0.2) is 35.3 Å². The van der Waals surface area contributed by atoms with Crippen LogP contribution in [-0.2, 0) is 13.0 Å². The van der Waals surface area contributed by atoms with Crippen LogP contribution in [0.4, 0.5) is 0 Å². The van der Waals surface area contributed by atoms with Gasteiger partial charge in [-0.2, -0.15) is 0 Å². The van der Waals surface area contributed by atoms with Crippen LogP contribution in [0.2, 0.25) is 0 Å². The summed E-state index contributed by atoms with van der Waals surface area (Å²) in [5.74, 6) is 0.911. The number of hydrogen-bond donors (Lipinski definition) is 1. The summed E-state index contributed by atoms with van der Waals surface area (Å²) in [5.41, 5.74) is 2.36. The van der Waals surface area contributed by atoms with Crippen LogP contribution in [0.3, 0.4) is 0 Å². The number of hydrogen-bond acceptors (Lipinski definition) is 3. The predicted molar refractivity (Wildman–Crippen MR) is 110 cm³/mol. The Balaban J connectivity index is 0.00000264. The van der Waals surface area contributed by atoms with Crippen molar-refractivity contribution < 1.29 is 0 Å². The second kappa shape index (κ2) is 9.87. The molecule has 1 N–H and O–H groups in total. The smallest absolute Gasteiger partial charge is 0.193 e. The van der Waals surface area contributed by atoms with Crippen LogP contribution in [0.5, 0.6) is 0 Å². The maximum atomic E-state index is 4.66. The highest BCUT2D eigenvalue weighted by Crippen LogP contribution is 2.16. The van der Waals surface area contributed by atoms with Crippen molar-refractivity contribution in [1.82, 2.24) is 15.2 Å². The summed E-state index contributed by atoms with van der Waals surface area (Å²) >= 11 is 1.78. The van der Waals surface area contributed by atoms with Crippen molar-refractivity contribution in [2.45, 2.75) is 26.8 Å². The highest BCUT2D eigenvalue weighted by Gasteiger charge is 2.05. The molecule has 1 aromatic heterocycles. The van der Waals surface area contributed by atoms with E-state index in [1.54, 1.807) is 11.3 Å². The molecule has 0 aliphatic rings. The summed E-state index contributed by atoms with van der Waals surface area (Å²) in [6.07, 6.45) is 0.928. The van der Waals surface area contributed by atoms with Gasteiger partial charge in [-0.15, -0.1) is 35.3 Å². The van der Waals surface area contributed by atoms with E-state index >= 15 is 0 Å². The lowest BCUT2D eigenvalue weighted by molar-refractivity contribution is 0.579. The van der Waals surface area contributed by atoms with E-state index < -0.39 is 0 Å². The zero-order valence-electron chi connectivity index (χ0n) is 14.2. The maximum Gasteiger partial charge on any atom is 0.193 e. The number of aryl methyl sites for hydroxylation is 2. The van der Waals surface area contributed by atoms with E-state index in [-0.39, 0.29) is 24.0 Å². The molecule has 2 rings (SSSR count). The van der Waals surface area contributed by atoms with Gasteiger partial charge in [-0.25, -0.2) is 9.98 Å². The van der Waals surface area contributed by atoms with Gasteiger partial charge in [0.2, 0.25) is 0 Å². The van der Waals surface area contributed by atoms with Crippen LogP contribution >= 0.6 is 35.3 Å². The number of guanidine groups is 1. The molecule has 4 nitrogen and oxygen atoms in total. The molecular formula is C17H25IN4S. The summed E-state index contributed by atoms with van der Waals surface area (Å²) in [7, 11) is 4.02. The Labute approximate surface area is 160 Å². The number of aromatic nitrogens is 1. The lowest BCUT2D eigenvalue weighted by Crippen LogP contribution is -2.37. The van der Waals surface area contributed by atoms with E-state index in [1.165, 1.54) is 15.4 Å². The third kappa shape index (κ3) is 6.47. The summed E-state index contributed by atoms with van der Waals surface area (Å²) in [6.45, 7) is 5.72. The fourth-order valence-corrected chi connectivity index (χ4v) is 2.97. The first-order valence-corrected chi connectivity index (χ1v) is 8.30. The minimum Gasteiger partial charge on any atom is -0.356 e. The van der Waals surface area contributed by atoms with Crippen LogP contribution in [0.25, 0.3) is 0 Å². The van der Waals surface area contributed by atoms with Crippen molar-refractivity contribution in [2.24, 2.45) is 4.99 Å². The number of aliphatic imine (C=N–C) groups is 1. The molecule has 1 heterocycles. The molecule has 23 heavy (non-hydrogen) atoms. The number of nitrogens with zero attached hydrogens (tertiary/aromatic N) is 3. The van der Waals surface area contributed by atoms with Crippen molar-refractivity contribution in [3.05, 3.63) is 51.5 Å². The Morgan fingerprint density at radius 3 is 2.48 bits per heavy atom. The summed E-state index contributed by atoms with van der Waals surface area (Å²) in [6, 6.07) is 10.3. The van der Waals surface area contributed by atoms with Crippen molar-refractivity contribution in [3.63, 3.8) is 0 Å². The summed E-state index contributed by atoms with van der Waals surface area (Å²) < 4.78 is 0. The summed E-state index contributed by atoms with van der Waals surface area (Å²) in [5, 5.41) is 4.59. The van der Waals surface area contributed by atoms with Gasteiger partial charge in [0.25, 0.3) is 0 Å². The predicted octanol–water partition coefficient (Wildman–Crippen LogP) is 3.63. The van der Waals surface area contributed by atoms with Crippen molar-refractivity contribution in [3.8, 4) is 0 Å². The molecule has 0 bridgehead atoms. The van der Waals surface area contributed by atoms with Crippen LogP contribution in [-0.4, -0.2) is 36.5 Å². The van der Waals surface area contributed by atoms with Gasteiger partial charge in [0.05, 0.1) is 17.2 Å². The van der Waals surface area contributed by atoms with Gasteiger partial charge in [0.15, 0.2) is 5.96 Å². The molecule has 126 valence electrons. The fourth-order valence-electron chi connectivity index (χ4n) is 2.03. The molecule has 0 amide bonds. The molecule has 0 saturated heterocycles. The van der Waals surface area contributed by atoms with Crippen molar-refractivity contribution in [2.75, 3.05) is 20.6 Å². The molecule has 6 heteroatoms. The highest BCUT2D eigenvalue weighted by molar-refractivity contribution is 14.0. The minimum atomic E-state index is 0. The quantitative estimate of drug-likeness (QED) is 0.435. The molecule has 0 atom stereocenters. The van der Waals surface area contributed by atoms with Crippen LogP contribution < -0.4 is 5.32 Å². The van der Waals surface area contributed by atoms with Gasteiger partial charge in [-0.3, -0.25) is 0 Å². The molecule has 0 radical (unpaired) electrons. The highest BCUT2D eigenvalue weighted by atomic mass is 127. The Hall–Kier alpha value is -1.15. The van der Waals surface area contributed by atoms with E-state index in [0.717, 1.165) is 24.6 Å². The van der Waals surface area contributed by atoms with Crippen LogP contribution in [0, 0.1) is 13.8 Å². The van der Waals surface area contributed by atoms with E-state index in [4.69, 9.17) is 0 Å². The Bertz CT molecular complexity index is 603. The van der Waals surface area contributed by atoms with E-state index in [1.807, 2.05) is 37.2 Å². The zero-order chi connectivity index (χ0) is 15.9.